The number of hydrogen-bond donors (Lipinski definition) is 1. The zero-order valence-electron chi connectivity index (χ0n) is 8.77. The molecule has 0 saturated carbocycles. The van der Waals surface area contributed by atoms with Gasteiger partial charge in [-0.15, -0.1) is 0 Å². The van der Waals surface area contributed by atoms with Crippen LogP contribution < -0.4 is 10.2 Å². The van der Waals surface area contributed by atoms with Crippen LogP contribution in [-0.2, 0) is 0 Å². The molecular weight excluding hydrogens is 188 g/mol. The van der Waals surface area contributed by atoms with Crippen LogP contribution in [0.3, 0.4) is 0 Å². The van der Waals surface area contributed by atoms with Gasteiger partial charge in [-0.3, -0.25) is 0 Å². The van der Waals surface area contributed by atoms with Crippen molar-refractivity contribution in [2.24, 2.45) is 0 Å². The molecule has 4 nitrogen and oxygen atoms in total. The minimum atomic E-state index is 0.458. The fourth-order valence-electron chi connectivity index (χ4n) is 1.80. The molecule has 1 aromatic heterocycles. The van der Waals surface area contributed by atoms with Gasteiger partial charge in [-0.1, -0.05) is 0 Å². The normalized spacial score (nSPS) is 21.1. The Morgan fingerprint density at radius 1 is 1.60 bits per heavy atom. The van der Waals surface area contributed by atoms with E-state index in [2.05, 4.69) is 28.2 Å². The highest BCUT2D eigenvalue weighted by Crippen LogP contribution is 2.15. The second-order valence-electron chi connectivity index (χ2n) is 3.76. The average Bonchev–Trinajstić information content (AvgIpc) is 2.30. The average molecular weight is 202 g/mol. The summed E-state index contributed by atoms with van der Waals surface area (Å²) in [5, 5.41) is 12.0. The first-order valence-electron chi connectivity index (χ1n) is 5.15. The lowest BCUT2D eigenvalue weighted by Gasteiger charge is -2.34. The SMILES string of the molecule is C[C@@H]1CNCCN1c1ccc(C#N)cn1. The molecule has 0 radical (unpaired) electrons. The quantitative estimate of drug-likeness (QED) is 0.730. The Labute approximate surface area is 89.5 Å². The number of aromatic nitrogens is 1. The van der Waals surface area contributed by atoms with Crippen molar-refractivity contribution in [3.63, 3.8) is 0 Å². The van der Waals surface area contributed by atoms with Gasteiger partial charge in [-0.25, -0.2) is 4.98 Å². The van der Waals surface area contributed by atoms with Crippen molar-refractivity contribution in [2.75, 3.05) is 24.5 Å². The Morgan fingerprint density at radius 3 is 3.07 bits per heavy atom. The summed E-state index contributed by atoms with van der Waals surface area (Å²) < 4.78 is 0. The molecule has 0 spiro atoms. The molecule has 0 bridgehead atoms. The first-order valence-corrected chi connectivity index (χ1v) is 5.15. The van der Waals surface area contributed by atoms with E-state index in [0.717, 1.165) is 25.5 Å². The lowest BCUT2D eigenvalue weighted by Crippen LogP contribution is -2.50. The summed E-state index contributed by atoms with van der Waals surface area (Å²) >= 11 is 0. The van der Waals surface area contributed by atoms with E-state index in [1.165, 1.54) is 0 Å². The summed E-state index contributed by atoms with van der Waals surface area (Å²) in [6.45, 7) is 5.12. The molecule has 15 heavy (non-hydrogen) atoms. The molecule has 1 N–H and O–H groups in total. The van der Waals surface area contributed by atoms with E-state index in [1.54, 1.807) is 6.20 Å². The molecule has 78 valence electrons. The largest absolute Gasteiger partial charge is 0.351 e. The van der Waals surface area contributed by atoms with Crippen LogP contribution in [0.2, 0.25) is 0 Å². The number of rotatable bonds is 1. The van der Waals surface area contributed by atoms with E-state index in [1.807, 2.05) is 12.1 Å². The van der Waals surface area contributed by atoms with Gasteiger partial charge in [0.2, 0.25) is 0 Å². The number of piperazine rings is 1. The number of nitrogens with one attached hydrogen (secondary N) is 1. The third kappa shape index (κ3) is 2.08. The predicted molar refractivity (Wildman–Crippen MR) is 58.6 cm³/mol. The second kappa shape index (κ2) is 4.28. The maximum absolute atomic E-state index is 8.68. The van der Waals surface area contributed by atoms with Crippen LogP contribution in [0.4, 0.5) is 5.82 Å². The first kappa shape index (κ1) is 9.94. The van der Waals surface area contributed by atoms with Gasteiger partial charge < -0.3 is 10.2 Å². The number of pyridine rings is 1. The van der Waals surface area contributed by atoms with Crippen molar-refractivity contribution in [3.05, 3.63) is 23.9 Å². The van der Waals surface area contributed by atoms with Gasteiger partial charge in [0.25, 0.3) is 0 Å². The van der Waals surface area contributed by atoms with Crippen molar-refractivity contribution in [1.29, 1.82) is 5.26 Å². The monoisotopic (exact) mass is 202 g/mol. The molecule has 1 aliphatic heterocycles. The summed E-state index contributed by atoms with van der Waals surface area (Å²) in [6.07, 6.45) is 1.63. The smallest absolute Gasteiger partial charge is 0.128 e. The molecule has 1 fully saturated rings. The van der Waals surface area contributed by atoms with E-state index in [9.17, 15) is 0 Å². The third-order valence-electron chi connectivity index (χ3n) is 2.67. The molecule has 4 heteroatoms. The minimum Gasteiger partial charge on any atom is -0.351 e. The van der Waals surface area contributed by atoms with Crippen LogP contribution in [0.5, 0.6) is 0 Å². The lowest BCUT2D eigenvalue weighted by atomic mass is 10.2. The van der Waals surface area contributed by atoms with E-state index >= 15 is 0 Å². The highest BCUT2D eigenvalue weighted by Gasteiger charge is 2.18. The second-order valence-corrected chi connectivity index (χ2v) is 3.76. The highest BCUT2D eigenvalue weighted by molar-refractivity contribution is 5.43. The standard InChI is InChI=1S/C11H14N4/c1-9-7-13-4-5-15(9)11-3-2-10(6-12)8-14-11/h2-3,8-9,13H,4-5,7H2,1H3/t9-/m1/s1. The molecule has 0 amide bonds. The van der Waals surface area contributed by atoms with Gasteiger partial charge >= 0.3 is 0 Å². The van der Waals surface area contributed by atoms with Gasteiger partial charge in [-0.05, 0) is 19.1 Å². The highest BCUT2D eigenvalue weighted by atomic mass is 15.3. The molecule has 1 saturated heterocycles. The van der Waals surface area contributed by atoms with E-state index in [0.29, 0.717) is 11.6 Å². The van der Waals surface area contributed by atoms with Crippen molar-refractivity contribution in [3.8, 4) is 6.07 Å². The van der Waals surface area contributed by atoms with Crippen LogP contribution in [0.1, 0.15) is 12.5 Å². The zero-order valence-corrected chi connectivity index (χ0v) is 8.77. The number of nitrogens with zero attached hydrogens (tertiary/aromatic N) is 3. The van der Waals surface area contributed by atoms with Crippen LogP contribution in [0.25, 0.3) is 0 Å². The fraction of sp³-hybridized carbons (Fsp3) is 0.455. The number of anilines is 1. The third-order valence-corrected chi connectivity index (χ3v) is 2.67. The van der Waals surface area contributed by atoms with Crippen molar-refractivity contribution < 1.29 is 0 Å². The summed E-state index contributed by atoms with van der Waals surface area (Å²) in [4.78, 5) is 6.56. The first-order chi connectivity index (χ1) is 7.31. The fourth-order valence-corrected chi connectivity index (χ4v) is 1.80. The van der Waals surface area contributed by atoms with Crippen LogP contribution in [-0.4, -0.2) is 30.7 Å². The number of hydrogen-bond acceptors (Lipinski definition) is 4. The summed E-state index contributed by atoms with van der Waals surface area (Å²) in [5.41, 5.74) is 0.613. The van der Waals surface area contributed by atoms with Gasteiger partial charge in [-0.2, -0.15) is 5.26 Å². The van der Waals surface area contributed by atoms with Gasteiger partial charge in [0.1, 0.15) is 11.9 Å². The van der Waals surface area contributed by atoms with Crippen molar-refractivity contribution in [1.82, 2.24) is 10.3 Å². The molecule has 2 heterocycles. The van der Waals surface area contributed by atoms with Crippen LogP contribution >= 0.6 is 0 Å². The molecular formula is C11H14N4. The van der Waals surface area contributed by atoms with Crippen LogP contribution in [0.15, 0.2) is 18.3 Å². The van der Waals surface area contributed by atoms with Gasteiger partial charge in [0, 0.05) is 31.9 Å². The molecule has 0 aliphatic carbocycles. The molecule has 0 unspecified atom stereocenters. The molecule has 2 rings (SSSR count). The van der Waals surface area contributed by atoms with Crippen molar-refractivity contribution >= 4 is 5.82 Å². The Bertz CT molecular complexity index is 365. The Hall–Kier alpha value is -1.60. The van der Waals surface area contributed by atoms with Crippen molar-refractivity contribution in [2.45, 2.75) is 13.0 Å². The molecule has 1 atom stereocenters. The van der Waals surface area contributed by atoms with Crippen LogP contribution in [0, 0.1) is 11.3 Å². The Balaban J connectivity index is 2.18. The van der Waals surface area contributed by atoms with E-state index < -0.39 is 0 Å². The zero-order chi connectivity index (χ0) is 10.7. The van der Waals surface area contributed by atoms with Gasteiger partial charge in [0.05, 0.1) is 5.56 Å². The Morgan fingerprint density at radius 2 is 2.47 bits per heavy atom. The number of nitriles is 1. The summed E-state index contributed by atoms with van der Waals surface area (Å²) in [7, 11) is 0. The van der Waals surface area contributed by atoms with Gasteiger partial charge in [0.15, 0.2) is 0 Å². The van der Waals surface area contributed by atoms with E-state index in [4.69, 9.17) is 5.26 Å². The predicted octanol–water partition coefficient (Wildman–Crippen LogP) is 0.751. The summed E-state index contributed by atoms with van der Waals surface area (Å²) in [6, 6.07) is 6.27. The lowest BCUT2D eigenvalue weighted by molar-refractivity contribution is 0.497. The topological polar surface area (TPSA) is 52.0 Å². The molecule has 1 aromatic rings. The Kier molecular flexibility index (Phi) is 2.84. The maximum atomic E-state index is 8.68. The summed E-state index contributed by atoms with van der Waals surface area (Å²) in [5.74, 6) is 0.961. The van der Waals surface area contributed by atoms with E-state index in [-0.39, 0.29) is 0 Å². The molecule has 1 aliphatic rings. The minimum absolute atomic E-state index is 0.458. The maximum Gasteiger partial charge on any atom is 0.128 e. The molecule has 0 aromatic carbocycles.